The molecule has 2 rings (SSSR count). The Morgan fingerprint density at radius 3 is 2.72 bits per heavy atom. The summed E-state index contributed by atoms with van der Waals surface area (Å²) < 4.78 is 6.19. The fourth-order valence-corrected chi connectivity index (χ4v) is 2.89. The van der Waals surface area contributed by atoms with Crippen molar-refractivity contribution in [2.45, 2.75) is 58.2 Å². The molecule has 1 saturated carbocycles. The molecule has 0 amide bonds. The van der Waals surface area contributed by atoms with Crippen LogP contribution >= 0.6 is 0 Å². The number of benzene rings is 1. The van der Waals surface area contributed by atoms with Gasteiger partial charge in [-0.1, -0.05) is 31.5 Å². The summed E-state index contributed by atoms with van der Waals surface area (Å²) in [6.45, 7) is 4.04. The van der Waals surface area contributed by atoms with Gasteiger partial charge in [-0.05, 0) is 44.6 Å². The summed E-state index contributed by atoms with van der Waals surface area (Å²) in [5.74, 6) is 1.53. The fraction of sp³-hybridized carbons (Fsp3) is 0.625. The van der Waals surface area contributed by atoms with Crippen molar-refractivity contribution >= 4 is 0 Å². The molecule has 1 N–H and O–H groups in total. The molecule has 3 atom stereocenters. The zero-order valence-electron chi connectivity index (χ0n) is 11.4. The van der Waals surface area contributed by atoms with Gasteiger partial charge >= 0.3 is 0 Å². The van der Waals surface area contributed by atoms with Crippen LogP contribution in [0.15, 0.2) is 24.3 Å². The Hall–Kier alpha value is -1.02. The summed E-state index contributed by atoms with van der Waals surface area (Å²) in [5.41, 5.74) is 0.901. The van der Waals surface area contributed by atoms with Crippen molar-refractivity contribution in [3.63, 3.8) is 0 Å². The Morgan fingerprint density at radius 2 is 2.00 bits per heavy atom. The van der Waals surface area contributed by atoms with E-state index < -0.39 is 6.10 Å². The van der Waals surface area contributed by atoms with E-state index in [1.807, 2.05) is 24.3 Å². The van der Waals surface area contributed by atoms with Gasteiger partial charge in [-0.3, -0.25) is 0 Å². The van der Waals surface area contributed by atoms with E-state index in [1.54, 1.807) is 6.92 Å². The van der Waals surface area contributed by atoms with Gasteiger partial charge in [-0.2, -0.15) is 0 Å². The van der Waals surface area contributed by atoms with Crippen molar-refractivity contribution < 1.29 is 9.84 Å². The number of aliphatic hydroxyl groups is 1. The highest BCUT2D eigenvalue weighted by Gasteiger charge is 2.26. The maximum Gasteiger partial charge on any atom is 0.125 e. The minimum Gasteiger partial charge on any atom is -0.490 e. The molecule has 1 aliphatic rings. The minimum atomic E-state index is -0.468. The van der Waals surface area contributed by atoms with Gasteiger partial charge in [0, 0.05) is 5.56 Å². The number of hydrogen-bond acceptors (Lipinski definition) is 2. The van der Waals surface area contributed by atoms with Crippen LogP contribution in [-0.2, 0) is 0 Å². The summed E-state index contributed by atoms with van der Waals surface area (Å²) in [5, 5.41) is 9.78. The molecular weight excluding hydrogens is 224 g/mol. The third kappa shape index (κ3) is 3.05. The standard InChI is InChI=1S/C16H24O2/c1-3-13-8-4-6-10-15(13)18-16-11-7-5-9-14(16)12(2)17/h5,7,9,11-13,15,17H,3-4,6,8,10H2,1-2H3/t12-,13?,15?/m0/s1. The summed E-state index contributed by atoms with van der Waals surface area (Å²) in [6.07, 6.45) is 6.05. The van der Waals surface area contributed by atoms with Crippen molar-refractivity contribution in [1.82, 2.24) is 0 Å². The molecule has 2 heteroatoms. The van der Waals surface area contributed by atoms with Crippen LogP contribution in [0.25, 0.3) is 0 Å². The average molecular weight is 248 g/mol. The minimum absolute atomic E-state index is 0.323. The highest BCUT2D eigenvalue weighted by molar-refractivity contribution is 5.35. The number of hydrogen-bond donors (Lipinski definition) is 1. The Balaban J connectivity index is 2.12. The van der Waals surface area contributed by atoms with Crippen LogP contribution in [0, 0.1) is 5.92 Å². The molecule has 0 aromatic heterocycles. The Labute approximate surface area is 110 Å². The molecule has 0 heterocycles. The second kappa shape index (κ2) is 6.24. The maximum absolute atomic E-state index is 9.78. The maximum atomic E-state index is 9.78. The summed E-state index contributed by atoms with van der Waals surface area (Å²) in [7, 11) is 0. The van der Waals surface area contributed by atoms with Crippen molar-refractivity contribution in [2.75, 3.05) is 0 Å². The third-order valence-electron chi connectivity index (χ3n) is 4.01. The lowest BCUT2D eigenvalue weighted by Crippen LogP contribution is -2.30. The van der Waals surface area contributed by atoms with Gasteiger partial charge in [-0.25, -0.2) is 0 Å². The predicted octanol–water partition coefficient (Wildman–Crippen LogP) is 4.09. The molecule has 1 fully saturated rings. The quantitative estimate of drug-likeness (QED) is 0.869. The van der Waals surface area contributed by atoms with E-state index in [1.165, 1.54) is 25.7 Å². The molecule has 1 aromatic rings. The Kier molecular flexibility index (Phi) is 4.65. The summed E-state index contributed by atoms with van der Waals surface area (Å²) in [6, 6.07) is 7.85. The SMILES string of the molecule is CCC1CCCCC1Oc1ccccc1[C@H](C)O. The summed E-state index contributed by atoms with van der Waals surface area (Å²) >= 11 is 0. The largest absolute Gasteiger partial charge is 0.490 e. The van der Waals surface area contributed by atoms with Crippen LogP contribution in [0.4, 0.5) is 0 Å². The number of aliphatic hydroxyl groups excluding tert-OH is 1. The summed E-state index contributed by atoms with van der Waals surface area (Å²) in [4.78, 5) is 0. The van der Waals surface area contributed by atoms with Crippen LogP contribution in [0.2, 0.25) is 0 Å². The van der Waals surface area contributed by atoms with E-state index in [2.05, 4.69) is 6.92 Å². The van der Waals surface area contributed by atoms with Crippen LogP contribution in [-0.4, -0.2) is 11.2 Å². The lowest BCUT2D eigenvalue weighted by molar-refractivity contribution is 0.0855. The number of ether oxygens (including phenoxy) is 1. The Bertz CT molecular complexity index is 373. The van der Waals surface area contributed by atoms with Gasteiger partial charge in [0.15, 0.2) is 0 Å². The van der Waals surface area contributed by atoms with Gasteiger partial charge in [0.1, 0.15) is 11.9 Å². The van der Waals surface area contributed by atoms with Crippen molar-refractivity contribution in [3.8, 4) is 5.75 Å². The monoisotopic (exact) mass is 248 g/mol. The molecule has 0 bridgehead atoms. The lowest BCUT2D eigenvalue weighted by Gasteiger charge is -2.32. The number of para-hydroxylation sites is 1. The van der Waals surface area contributed by atoms with Crippen LogP contribution in [0.3, 0.4) is 0 Å². The molecule has 2 nitrogen and oxygen atoms in total. The van der Waals surface area contributed by atoms with Gasteiger partial charge in [0.05, 0.1) is 6.10 Å². The fourth-order valence-electron chi connectivity index (χ4n) is 2.89. The highest BCUT2D eigenvalue weighted by atomic mass is 16.5. The topological polar surface area (TPSA) is 29.5 Å². The normalized spacial score (nSPS) is 25.7. The molecule has 0 aliphatic heterocycles. The zero-order valence-corrected chi connectivity index (χ0v) is 11.4. The van der Waals surface area contributed by atoms with Gasteiger partial charge in [0.25, 0.3) is 0 Å². The van der Waals surface area contributed by atoms with Crippen molar-refractivity contribution in [1.29, 1.82) is 0 Å². The van der Waals surface area contributed by atoms with E-state index in [0.717, 1.165) is 17.7 Å². The van der Waals surface area contributed by atoms with Crippen molar-refractivity contribution in [2.24, 2.45) is 5.92 Å². The van der Waals surface area contributed by atoms with E-state index in [0.29, 0.717) is 12.0 Å². The molecule has 2 unspecified atom stereocenters. The molecule has 1 aliphatic carbocycles. The first-order valence-corrected chi connectivity index (χ1v) is 7.16. The zero-order chi connectivity index (χ0) is 13.0. The van der Waals surface area contributed by atoms with Gasteiger partial charge in [-0.15, -0.1) is 0 Å². The van der Waals surface area contributed by atoms with Crippen LogP contribution in [0.1, 0.15) is 57.6 Å². The first kappa shape index (κ1) is 13.4. The molecule has 0 spiro atoms. The van der Waals surface area contributed by atoms with E-state index in [-0.39, 0.29) is 0 Å². The van der Waals surface area contributed by atoms with Crippen LogP contribution < -0.4 is 4.74 Å². The molecule has 100 valence electrons. The second-order valence-electron chi connectivity index (χ2n) is 5.32. The van der Waals surface area contributed by atoms with Crippen LogP contribution in [0.5, 0.6) is 5.75 Å². The Morgan fingerprint density at radius 1 is 1.28 bits per heavy atom. The van der Waals surface area contributed by atoms with E-state index >= 15 is 0 Å². The number of rotatable bonds is 4. The average Bonchev–Trinajstić information content (AvgIpc) is 2.40. The van der Waals surface area contributed by atoms with Crippen molar-refractivity contribution in [3.05, 3.63) is 29.8 Å². The molecular formula is C16H24O2. The van der Waals surface area contributed by atoms with E-state index in [4.69, 9.17) is 4.74 Å². The molecule has 18 heavy (non-hydrogen) atoms. The van der Waals surface area contributed by atoms with E-state index in [9.17, 15) is 5.11 Å². The first-order valence-electron chi connectivity index (χ1n) is 7.16. The third-order valence-corrected chi connectivity index (χ3v) is 4.01. The molecule has 0 radical (unpaired) electrons. The molecule has 0 saturated heterocycles. The van der Waals surface area contributed by atoms with Gasteiger partial charge < -0.3 is 9.84 Å². The smallest absolute Gasteiger partial charge is 0.125 e. The first-order chi connectivity index (χ1) is 8.72. The lowest BCUT2D eigenvalue weighted by atomic mass is 9.84. The predicted molar refractivity (Wildman–Crippen MR) is 73.7 cm³/mol. The van der Waals surface area contributed by atoms with Gasteiger partial charge in [0.2, 0.25) is 0 Å². The second-order valence-corrected chi connectivity index (χ2v) is 5.32. The highest BCUT2D eigenvalue weighted by Crippen LogP contribution is 2.33. The molecule has 1 aromatic carbocycles.